The highest BCUT2D eigenvalue weighted by atomic mass is 16.5. The Kier molecular flexibility index (Phi) is 7.65. The Bertz CT molecular complexity index is 1500. The Hall–Kier alpha value is -5.01. The van der Waals surface area contributed by atoms with Gasteiger partial charge in [0.05, 0.1) is 18.7 Å². The van der Waals surface area contributed by atoms with Gasteiger partial charge in [-0.3, -0.25) is 4.79 Å². The maximum Gasteiger partial charge on any atom is 0.261 e. The maximum atomic E-state index is 12.6. The first-order valence-corrected chi connectivity index (χ1v) is 11.4. The molecule has 7 nitrogen and oxygen atoms in total. The zero-order chi connectivity index (χ0) is 25.3. The van der Waals surface area contributed by atoms with Crippen LogP contribution in [-0.2, 0) is 17.8 Å². The van der Waals surface area contributed by atoms with E-state index in [1.54, 1.807) is 30.3 Å². The summed E-state index contributed by atoms with van der Waals surface area (Å²) in [5.41, 5.74) is 4.08. The molecule has 1 heterocycles. The molecule has 0 saturated carbocycles. The van der Waals surface area contributed by atoms with Gasteiger partial charge in [-0.05, 0) is 47.9 Å². The number of methoxy groups -OCH3 is 1. The summed E-state index contributed by atoms with van der Waals surface area (Å²) in [6, 6.07) is 24.5. The van der Waals surface area contributed by atoms with Gasteiger partial charge in [-0.15, -0.1) is 0 Å². The second-order valence-corrected chi connectivity index (χ2v) is 8.00. The van der Waals surface area contributed by atoms with Crippen LogP contribution in [0.25, 0.3) is 17.0 Å². The number of hydrogen-bond acceptors (Lipinski definition) is 5. The van der Waals surface area contributed by atoms with Crippen LogP contribution in [0.3, 0.4) is 0 Å². The second-order valence-electron chi connectivity index (χ2n) is 8.00. The highest BCUT2D eigenvalue weighted by Gasteiger charge is 2.12. The minimum Gasteiger partial charge on any atom is -0.493 e. The van der Waals surface area contributed by atoms with Crippen molar-refractivity contribution in [3.63, 3.8) is 0 Å². The molecule has 4 aromatic rings. The number of amides is 1. The lowest BCUT2D eigenvalue weighted by molar-refractivity contribution is -0.117. The van der Waals surface area contributed by atoms with Gasteiger partial charge >= 0.3 is 0 Å². The van der Waals surface area contributed by atoms with Gasteiger partial charge in [0, 0.05) is 29.2 Å². The van der Waals surface area contributed by atoms with E-state index in [9.17, 15) is 15.3 Å². The molecule has 1 aromatic heterocycles. The van der Waals surface area contributed by atoms with Crippen molar-refractivity contribution in [2.24, 2.45) is 0 Å². The number of nitriles is 2. The predicted octanol–water partition coefficient (Wildman–Crippen LogP) is 4.89. The molecule has 0 radical (unpaired) electrons. The molecule has 2 N–H and O–H groups in total. The van der Waals surface area contributed by atoms with E-state index in [-0.39, 0.29) is 12.2 Å². The average molecular weight is 477 g/mol. The van der Waals surface area contributed by atoms with Crippen LogP contribution in [0.2, 0.25) is 0 Å². The van der Waals surface area contributed by atoms with Gasteiger partial charge in [-0.2, -0.15) is 10.5 Å². The van der Waals surface area contributed by atoms with Crippen molar-refractivity contribution in [2.75, 3.05) is 13.7 Å². The summed E-state index contributed by atoms with van der Waals surface area (Å²) in [6.45, 7) is 0.609. The lowest BCUT2D eigenvalue weighted by atomic mass is 10.1. The number of benzene rings is 3. The van der Waals surface area contributed by atoms with E-state index < -0.39 is 5.91 Å². The third-order valence-electron chi connectivity index (χ3n) is 5.74. The highest BCUT2D eigenvalue weighted by Crippen LogP contribution is 2.30. The molecule has 178 valence electrons. The smallest absolute Gasteiger partial charge is 0.261 e. The van der Waals surface area contributed by atoms with E-state index in [2.05, 4.69) is 16.4 Å². The summed E-state index contributed by atoms with van der Waals surface area (Å²) in [5.74, 6) is 0.504. The molecular formula is C29H24N4O3. The second kappa shape index (κ2) is 11.4. The average Bonchev–Trinajstić information content (AvgIpc) is 3.33. The van der Waals surface area contributed by atoms with Gasteiger partial charge in [-0.1, -0.05) is 42.5 Å². The summed E-state index contributed by atoms with van der Waals surface area (Å²) >= 11 is 0. The summed E-state index contributed by atoms with van der Waals surface area (Å²) in [7, 11) is 1.52. The molecule has 0 aliphatic rings. The van der Waals surface area contributed by atoms with Crippen molar-refractivity contribution in [3.05, 3.63) is 101 Å². The molecule has 3 aromatic carbocycles. The number of aromatic amines is 1. The van der Waals surface area contributed by atoms with E-state index in [4.69, 9.17) is 9.47 Å². The van der Waals surface area contributed by atoms with Gasteiger partial charge in [-0.25, -0.2) is 0 Å². The number of carbonyl (C=O) groups is 1. The summed E-state index contributed by atoms with van der Waals surface area (Å²) < 4.78 is 11.3. The zero-order valence-electron chi connectivity index (χ0n) is 19.7. The fraction of sp³-hybridized carbons (Fsp3) is 0.138. The number of H-pyrrole nitrogens is 1. The Balaban J connectivity index is 1.41. The monoisotopic (exact) mass is 476 g/mol. The number of nitrogens with zero attached hydrogens (tertiary/aromatic N) is 2. The number of fused-ring (bicyclic) bond motifs is 1. The molecule has 0 saturated heterocycles. The molecule has 4 rings (SSSR count). The van der Waals surface area contributed by atoms with E-state index >= 15 is 0 Å². The minimum atomic E-state index is -0.440. The lowest BCUT2D eigenvalue weighted by Crippen LogP contribution is -2.26. The first-order chi connectivity index (χ1) is 17.6. The zero-order valence-corrected chi connectivity index (χ0v) is 19.7. The van der Waals surface area contributed by atoms with Crippen LogP contribution in [0.4, 0.5) is 0 Å². The first-order valence-electron chi connectivity index (χ1n) is 11.4. The predicted molar refractivity (Wildman–Crippen MR) is 137 cm³/mol. The minimum absolute atomic E-state index is 0.00686. The van der Waals surface area contributed by atoms with Crippen molar-refractivity contribution >= 4 is 22.9 Å². The van der Waals surface area contributed by atoms with Crippen LogP contribution in [0.15, 0.2) is 78.5 Å². The maximum absolute atomic E-state index is 12.6. The highest BCUT2D eigenvalue weighted by molar-refractivity contribution is 6.01. The van der Waals surface area contributed by atoms with E-state index in [0.29, 0.717) is 35.6 Å². The Morgan fingerprint density at radius 3 is 2.64 bits per heavy atom. The van der Waals surface area contributed by atoms with E-state index in [1.165, 1.54) is 13.2 Å². The Morgan fingerprint density at radius 2 is 1.83 bits per heavy atom. The van der Waals surface area contributed by atoms with Crippen molar-refractivity contribution < 1.29 is 14.3 Å². The van der Waals surface area contributed by atoms with Crippen LogP contribution in [0.5, 0.6) is 11.5 Å². The van der Waals surface area contributed by atoms with Gasteiger partial charge in [0.15, 0.2) is 11.5 Å². The number of aromatic nitrogens is 1. The van der Waals surface area contributed by atoms with Crippen LogP contribution in [-0.4, -0.2) is 24.5 Å². The van der Waals surface area contributed by atoms with Crippen molar-refractivity contribution in [2.45, 2.75) is 13.0 Å². The molecule has 0 atom stereocenters. The molecule has 0 unspecified atom stereocenters. The summed E-state index contributed by atoms with van der Waals surface area (Å²) in [5, 5.41) is 22.7. The summed E-state index contributed by atoms with van der Waals surface area (Å²) in [6.07, 6.45) is 4.09. The van der Waals surface area contributed by atoms with E-state index in [0.717, 1.165) is 22.0 Å². The molecule has 7 heteroatoms. The Labute approximate surface area is 209 Å². The number of hydrogen-bond donors (Lipinski definition) is 2. The third kappa shape index (κ3) is 5.55. The lowest BCUT2D eigenvalue weighted by Gasteiger charge is -2.12. The van der Waals surface area contributed by atoms with E-state index in [1.807, 2.05) is 48.7 Å². The molecule has 0 spiro atoms. The van der Waals surface area contributed by atoms with Crippen molar-refractivity contribution in [1.82, 2.24) is 10.3 Å². The molecular weight excluding hydrogens is 452 g/mol. The van der Waals surface area contributed by atoms with Crippen molar-refractivity contribution in [1.29, 1.82) is 10.5 Å². The molecule has 0 bridgehead atoms. The number of carbonyl (C=O) groups excluding carboxylic acids is 1. The number of nitrogens with one attached hydrogen (secondary N) is 2. The van der Waals surface area contributed by atoms with Gasteiger partial charge in [0.25, 0.3) is 5.91 Å². The quantitative estimate of drug-likeness (QED) is 0.264. The SMILES string of the molecule is COc1cc(/C=C(/C#N)C(=O)NCCc2c[nH]c3ccccc23)ccc1OCc1ccccc1C#N. The van der Waals surface area contributed by atoms with Gasteiger partial charge in [0.2, 0.25) is 0 Å². The topological polar surface area (TPSA) is 111 Å². The van der Waals surface area contributed by atoms with Crippen LogP contribution < -0.4 is 14.8 Å². The van der Waals surface area contributed by atoms with Crippen molar-refractivity contribution in [3.8, 4) is 23.6 Å². The summed E-state index contributed by atoms with van der Waals surface area (Å²) in [4.78, 5) is 15.8. The van der Waals surface area contributed by atoms with Crippen LogP contribution in [0, 0.1) is 22.7 Å². The molecule has 36 heavy (non-hydrogen) atoms. The number of para-hydroxylation sites is 1. The Morgan fingerprint density at radius 1 is 1.03 bits per heavy atom. The number of ether oxygens (including phenoxy) is 2. The van der Waals surface area contributed by atoms with Gasteiger partial charge in [0.1, 0.15) is 18.2 Å². The molecule has 0 aliphatic heterocycles. The van der Waals surface area contributed by atoms with Gasteiger partial charge < -0.3 is 19.8 Å². The number of rotatable bonds is 9. The normalized spacial score (nSPS) is 10.9. The largest absolute Gasteiger partial charge is 0.493 e. The third-order valence-corrected chi connectivity index (χ3v) is 5.74. The molecule has 1 amide bonds. The molecule has 0 fully saturated rings. The standard InChI is InChI=1S/C29H24N4O3/c1-35-28-15-20(10-11-27(28)36-19-23-7-3-2-6-21(23)16-30)14-24(17-31)29(34)32-13-12-22-18-33-26-9-5-4-8-25(22)26/h2-11,14-15,18,33H,12-13,19H2,1H3,(H,32,34)/b24-14-. The fourth-order valence-corrected chi connectivity index (χ4v) is 3.86. The van der Waals surface area contributed by atoms with Crippen LogP contribution in [0.1, 0.15) is 22.3 Å². The fourth-order valence-electron chi connectivity index (χ4n) is 3.86. The molecule has 0 aliphatic carbocycles. The van der Waals surface area contributed by atoms with Crippen LogP contribution >= 0.6 is 0 Å². The first kappa shape index (κ1) is 24.1.